The van der Waals surface area contributed by atoms with Crippen molar-refractivity contribution in [3.05, 3.63) is 0 Å². The Hall–Kier alpha value is -0.660. The van der Waals surface area contributed by atoms with Gasteiger partial charge in [0, 0.05) is 6.42 Å². The molecule has 7 heteroatoms. The second-order valence-corrected chi connectivity index (χ2v) is 15.4. The summed E-state index contributed by atoms with van der Waals surface area (Å²) in [6.07, 6.45) is 37.6. The van der Waals surface area contributed by atoms with Gasteiger partial charge in [-0.2, -0.15) is 8.42 Å². The molecule has 2 unspecified atom stereocenters. The molecule has 1 amide bonds. The fourth-order valence-corrected chi connectivity index (χ4v) is 7.10. The monoisotopic (exact) mass is 660 g/mol. The second kappa shape index (κ2) is 33.2. The molecule has 0 radical (unpaired) electrons. The van der Waals surface area contributed by atoms with E-state index < -0.39 is 28.0 Å². The lowest BCUT2D eigenvalue weighted by atomic mass is 10.0. The number of carbonyl (C=O) groups is 1. The molecule has 0 saturated carbocycles. The van der Waals surface area contributed by atoms with Crippen LogP contribution in [0.1, 0.15) is 219 Å². The quantitative estimate of drug-likeness (QED) is 0.0458. The van der Waals surface area contributed by atoms with Crippen LogP contribution in [-0.4, -0.2) is 41.9 Å². The molecule has 270 valence electrons. The van der Waals surface area contributed by atoms with Gasteiger partial charge in [-0.15, -0.1) is 0 Å². The van der Waals surface area contributed by atoms with Crippen molar-refractivity contribution in [1.29, 1.82) is 0 Å². The van der Waals surface area contributed by atoms with Crippen LogP contribution in [0.2, 0.25) is 0 Å². The predicted octanol–water partition coefficient (Wildman–Crippen LogP) is 11.2. The van der Waals surface area contributed by atoms with Gasteiger partial charge in [-0.1, -0.05) is 200 Å². The van der Waals surface area contributed by atoms with Gasteiger partial charge in [0.05, 0.1) is 17.9 Å². The number of amides is 1. The molecule has 3 N–H and O–H groups in total. The van der Waals surface area contributed by atoms with Crippen molar-refractivity contribution in [2.24, 2.45) is 0 Å². The number of rotatable bonds is 36. The molecule has 0 aliphatic carbocycles. The first-order valence-electron chi connectivity index (χ1n) is 19.7. The lowest BCUT2D eigenvalue weighted by Crippen LogP contribution is -2.47. The van der Waals surface area contributed by atoms with Gasteiger partial charge in [-0.25, -0.2) is 0 Å². The van der Waals surface area contributed by atoms with Gasteiger partial charge in [-0.05, 0) is 12.8 Å². The molecule has 0 heterocycles. The Morgan fingerprint density at radius 2 is 0.800 bits per heavy atom. The minimum absolute atomic E-state index is 0.242. The highest BCUT2D eigenvalue weighted by Crippen LogP contribution is 2.16. The van der Waals surface area contributed by atoms with Crippen molar-refractivity contribution < 1.29 is 22.9 Å². The minimum Gasteiger partial charge on any atom is -0.391 e. The van der Waals surface area contributed by atoms with Crippen LogP contribution in [0.3, 0.4) is 0 Å². The summed E-state index contributed by atoms with van der Waals surface area (Å²) in [7, 11) is -4.30. The first kappa shape index (κ1) is 44.3. The van der Waals surface area contributed by atoms with Gasteiger partial charge >= 0.3 is 0 Å². The van der Waals surface area contributed by atoms with E-state index in [9.17, 15) is 22.9 Å². The summed E-state index contributed by atoms with van der Waals surface area (Å²) >= 11 is 0. The lowest BCUT2D eigenvalue weighted by molar-refractivity contribution is -0.122. The zero-order valence-electron chi connectivity index (χ0n) is 30.0. The SMILES string of the molecule is CCCCCCCCCCCCCCCCCCCCC(=O)NC(CS(=O)(=O)O)C(O)CCCCCCCCCCCCCC. The molecule has 2 atom stereocenters. The molecular weight excluding hydrogens is 582 g/mol. The summed E-state index contributed by atoms with van der Waals surface area (Å²) < 4.78 is 32.4. The van der Waals surface area contributed by atoms with E-state index in [4.69, 9.17) is 0 Å². The van der Waals surface area contributed by atoms with E-state index in [0.717, 1.165) is 38.5 Å². The van der Waals surface area contributed by atoms with E-state index >= 15 is 0 Å². The molecule has 0 aromatic heterocycles. The molecule has 0 aromatic rings. The van der Waals surface area contributed by atoms with E-state index in [0.29, 0.717) is 12.8 Å². The van der Waals surface area contributed by atoms with E-state index in [1.165, 1.54) is 154 Å². The van der Waals surface area contributed by atoms with Gasteiger partial charge in [0.25, 0.3) is 10.1 Å². The molecule has 0 bridgehead atoms. The van der Waals surface area contributed by atoms with Crippen molar-refractivity contribution in [2.45, 2.75) is 231 Å². The van der Waals surface area contributed by atoms with Crippen LogP contribution in [0.4, 0.5) is 0 Å². The molecule has 0 saturated heterocycles. The summed E-state index contributed by atoms with van der Waals surface area (Å²) in [5.74, 6) is -0.883. The van der Waals surface area contributed by atoms with Gasteiger partial charge < -0.3 is 10.4 Å². The summed E-state index contributed by atoms with van der Waals surface area (Å²) in [6.45, 7) is 4.52. The molecule has 0 spiro atoms. The zero-order valence-corrected chi connectivity index (χ0v) is 30.8. The summed E-state index contributed by atoms with van der Waals surface area (Å²) in [6, 6.07) is -0.962. The number of aliphatic hydroxyl groups is 1. The van der Waals surface area contributed by atoms with Crippen molar-refractivity contribution in [3.8, 4) is 0 Å². The largest absolute Gasteiger partial charge is 0.391 e. The summed E-state index contributed by atoms with van der Waals surface area (Å²) in [4.78, 5) is 12.5. The highest BCUT2D eigenvalue weighted by Gasteiger charge is 2.26. The molecule has 45 heavy (non-hydrogen) atoms. The van der Waals surface area contributed by atoms with Gasteiger partial charge in [0.2, 0.25) is 5.91 Å². The maximum Gasteiger partial charge on any atom is 0.266 e. The second-order valence-electron chi connectivity index (χ2n) is 13.9. The summed E-state index contributed by atoms with van der Waals surface area (Å²) in [5.41, 5.74) is 0. The first-order chi connectivity index (χ1) is 21.8. The van der Waals surface area contributed by atoms with Gasteiger partial charge in [0.15, 0.2) is 0 Å². The Morgan fingerprint density at radius 3 is 1.11 bits per heavy atom. The van der Waals surface area contributed by atoms with Crippen LogP contribution in [0, 0.1) is 0 Å². The highest BCUT2D eigenvalue weighted by molar-refractivity contribution is 7.85. The van der Waals surface area contributed by atoms with Crippen molar-refractivity contribution >= 4 is 16.0 Å². The Labute approximate surface area is 280 Å². The van der Waals surface area contributed by atoms with Crippen LogP contribution >= 0.6 is 0 Å². The Kier molecular flexibility index (Phi) is 32.8. The fourth-order valence-electron chi connectivity index (χ4n) is 6.34. The van der Waals surface area contributed by atoms with Crippen LogP contribution < -0.4 is 5.32 Å². The van der Waals surface area contributed by atoms with Gasteiger partial charge in [0.1, 0.15) is 0 Å². The highest BCUT2D eigenvalue weighted by atomic mass is 32.2. The lowest BCUT2D eigenvalue weighted by Gasteiger charge is -2.23. The third-order valence-electron chi connectivity index (χ3n) is 9.31. The number of carbonyl (C=O) groups excluding carboxylic acids is 1. The third-order valence-corrected chi connectivity index (χ3v) is 10.1. The average Bonchev–Trinajstić information content (AvgIpc) is 3.00. The molecule has 0 aliphatic rings. The smallest absolute Gasteiger partial charge is 0.266 e. The molecule has 0 fully saturated rings. The number of hydrogen-bond donors (Lipinski definition) is 3. The topological polar surface area (TPSA) is 104 Å². The van der Waals surface area contributed by atoms with Crippen molar-refractivity contribution in [1.82, 2.24) is 5.32 Å². The third kappa shape index (κ3) is 34.5. The normalized spacial score (nSPS) is 13.2. The van der Waals surface area contributed by atoms with E-state index in [1.54, 1.807) is 0 Å². The van der Waals surface area contributed by atoms with Crippen LogP contribution in [0.5, 0.6) is 0 Å². The summed E-state index contributed by atoms with van der Waals surface area (Å²) in [5, 5.41) is 13.3. The Morgan fingerprint density at radius 1 is 0.511 bits per heavy atom. The van der Waals surface area contributed by atoms with Crippen LogP contribution in [0.15, 0.2) is 0 Å². The molecule has 0 aromatic carbocycles. The molecule has 6 nitrogen and oxygen atoms in total. The van der Waals surface area contributed by atoms with E-state index in [1.807, 2.05) is 0 Å². The van der Waals surface area contributed by atoms with Crippen LogP contribution in [-0.2, 0) is 14.9 Å². The van der Waals surface area contributed by atoms with E-state index in [-0.39, 0.29) is 5.91 Å². The minimum atomic E-state index is -4.30. The van der Waals surface area contributed by atoms with Crippen molar-refractivity contribution in [2.75, 3.05) is 5.75 Å². The number of hydrogen-bond acceptors (Lipinski definition) is 4. The Bertz CT molecular complexity index is 730. The predicted molar refractivity (Wildman–Crippen MR) is 193 cm³/mol. The average molecular weight is 660 g/mol. The van der Waals surface area contributed by atoms with E-state index in [2.05, 4.69) is 19.2 Å². The fraction of sp³-hybridized carbons (Fsp3) is 0.974. The molecular formula is C38H77NO5S. The zero-order chi connectivity index (χ0) is 33.3. The van der Waals surface area contributed by atoms with Gasteiger partial charge in [-0.3, -0.25) is 9.35 Å². The first-order valence-corrected chi connectivity index (χ1v) is 21.3. The Balaban J connectivity index is 3.81. The number of unbranched alkanes of at least 4 members (excludes halogenated alkanes) is 28. The maximum atomic E-state index is 12.5. The number of nitrogens with one attached hydrogen (secondary N) is 1. The molecule has 0 aliphatic heterocycles. The standard InChI is InChI=1S/C38H77NO5S/c1-3-5-7-9-11-13-15-17-18-19-20-21-22-24-26-28-30-32-34-38(41)39-36(35-45(42,43)44)37(40)33-31-29-27-25-23-16-14-12-10-8-6-4-2/h36-37,40H,3-35H2,1-2H3,(H,39,41)(H,42,43,44). The maximum absolute atomic E-state index is 12.5. The van der Waals surface area contributed by atoms with Crippen LogP contribution in [0.25, 0.3) is 0 Å². The number of aliphatic hydroxyl groups excluding tert-OH is 1. The van der Waals surface area contributed by atoms with Crippen molar-refractivity contribution in [3.63, 3.8) is 0 Å². The molecule has 0 rings (SSSR count).